The Kier molecular flexibility index (Phi) is 3.31. The minimum atomic E-state index is 0.144. The van der Waals surface area contributed by atoms with E-state index < -0.39 is 0 Å². The Morgan fingerprint density at radius 2 is 1.80 bits per heavy atom. The first-order chi connectivity index (χ1) is 9.68. The summed E-state index contributed by atoms with van der Waals surface area (Å²) >= 11 is 0. The summed E-state index contributed by atoms with van der Waals surface area (Å²) < 4.78 is 0. The van der Waals surface area contributed by atoms with Crippen LogP contribution in [-0.2, 0) is 6.42 Å². The fraction of sp³-hybridized carbons (Fsp3) is 0.278. The molecular formula is C18H19NO. The fourth-order valence-electron chi connectivity index (χ4n) is 3.02. The Labute approximate surface area is 120 Å². The molecule has 0 bridgehead atoms. The maximum Gasteiger partial charge on any atom is 0.254 e. The van der Waals surface area contributed by atoms with Gasteiger partial charge in [0, 0.05) is 12.1 Å². The third kappa shape index (κ3) is 2.11. The van der Waals surface area contributed by atoms with Gasteiger partial charge in [-0.3, -0.25) is 4.79 Å². The molecule has 20 heavy (non-hydrogen) atoms. The van der Waals surface area contributed by atoms with Crippen LogP contribution >= 0.6 is 0 Å². The van der Waals surface area contributed by atoms with Gasteiger partial charge in [0.15, 0.2) is 0 Å². The van der Waals surface area contributed by atoms with Crippen molar-refractivity contribution in [2.24, 2.45) is 0 Å². The maximum absolute atomic E-state index is 12.8. The summed E-state index contributed by atoms with van der Waals surface area (Å²) in [4.78, 5) is 14.8. The zero-order chi connectivity index (χ0) is 14.1. The predicted molar refractivity (Wildman–Crippen MR) is 80.8 cm³/mol. The van der Waals surface area contributed by atoms with Crippen molar-refractivity contribution in [3.8, 4) is 0 Å². The predicted octanol–water partition coefficient (Wildman–Crippen LogP) is 3.75. The summed E-state index contributed by atoms with van der Waals surface area (Å²) in [7, 11) is 0. The smallest absolute Gasteiger partial charge is 0.254 e. The van der Waals surface area contributed by atoms with Gasteiger partial charge in [0.05, 0.1) is 6.04 Å². The van der Waals surface area contributed by atoms with Crippen LogP contribution in [0.5, 0.6) is 0 Å². The van der Waals surface area contributed by atoms with Gasteiger partial charge in [-0.1, -0.05) is 42.5 Å². The first kappa shape index (κ1) is 12.9. The molecule has 0 spiro atoms. The average molecular weight is 265 g/mol. The molecular weight excluding hydrogens is 246 g/mol. The average Bonchev–Trinajstić information content (AvgIpc) is 2.48. The number of rotatable bonds is 1. The van der Waals surface area contributed by atoms with E-state index in [9.17, 15) is 4.79 Å². The second-order valence-electron chi connectivity index (χ2n) is 5.44. The van der Waals surface area contributed by atoms with E-state index in [-0.39, 0.29) is 11.9 Å². The molecule has 2 nitrogen and oxygen atoms in total. The molecule has 0 aromatic heterocycles. The van der Waals surface area contributed by atoms with E-state index in [0.29, 0.717) is 0 Å². The molecule has 1 aliphatic heterocycles. The molecule has 1 atom stereocenters. The van der Waals surface area contributed by atoms with Gasteiger partial charge in [-0.25, -0.2) is 0 Å². The molecule has 1 amide bonds. The lowest BCUT2D eigenvalue weighted by atomic mass is 9.92. The molecule has 2 aromatic rings. The van der Waals surface area contributed by atoms with Crippen molar-refractivity contribution in [2.75, 3.05) is 6.54 Å². The largest absolute Gasteiger partial charge is 0.332 e. The Hall–Kier alpha value is -2.09. The van der Waals surface area contributed by atoms with Crippen molar-refractivity contribution < 1.29 is 4.79 Å². The first-order valence-corrected chi connectivity index (χ1v) is 7.13. The monoisotopic (exact) mass is 265 g/mol. The zero-order valence-corrected chi connectivity index (χ0v) is 12.0. The summed E-state index contributed by atoms with van der Waals surface area (Å²) in [5.74, 6) is 0.144. The lowest BCUT2D eigenvalue weighted by molar-refractivity contribution is 0.0677. The normalized spacial score (nSPS) is 17.7. The van der Waals surface area contributed by atoms with E-state index >= 15 is 0 Å². The van der Waals surface area contributed by atoms with Gasteiger partial charge >= 0.3 is 0 Å². The van der Waals surface area contributed by atoms with Crippen molar-refractivity contribution >= 4 is 5.91 Å². The summed E-state index contributed by atoms with van der Waals surface area (Å²) in [6.07, 6.45) is 0.943. The van der Waals surface area contributed by atoms with E-state index in [2.05, 4.69) is 31.2 Å². The summed E-state index contributed by atoms with van der Waals surface area (Å²) in [6.45, 7) is 4.91. The summed E-state index contributed by atoms with van der Waals surface area (Å²) in [5.41, 5.74) is 4.51. The molecule has 2 aromatic carbocycles. The van der Waals surface area contributed by atoms with Crippen LogP contribution in [-0.4, -0.2) is 17.4 Å². The molecule has 1 heterocycles. The minimum Gasteiger partial charge on any atom is -0.332 e. The van der Waals surface area contributed by atoms with Crippen LogP contribution in [0.3, 0.4) is 0 Å². The summed E-state index contributed by atoms with van der Waals surface area (Å²) in [6, 6.07) is 16.4. The number of benzene rings is 2. The lowest BCUT2D eigenvalue weighted by Crippen LogP contribution is -2.39. The number of carbonyl (C=O) groups excluding carboxylic acids is 1. The SMILES string of the molecule is Cc1ccccc1C(=O)N1CCc2ccccc2[C@@H]1C. The molecule has 0 fully saturated rings. The number of aryl methyl sites for hydroxylation is 1. The quantitative estimate of drug-likeness (QED) is 0.769. The van der Waals surface area contributed by atoms with Gasteiger partial charge in [-0.2, -0.15) is 0 Å². The number of amides is 1. The molecule has 102 valence electrons. The second-order valence-corrected chi connectivity index (χ2v) is 5.44. The van der Waals surface area contributed by atoms with Crippen molar-refractivity contribution in [2.45, 2.75) is 26.3 Å². The number of fused-ring (bicyclic) bond motifs is 1. The van der Waals surface area contributed by atoms with Gasteiger partial charge < -0.3 is 4.90 Å². The molecule has 1 aliphatic rings. The Bertz CT molecular complexity index is 647. The molecule has 0 saturated heterocycles. The number of carbonyl (C=O) groups is 1. The Balaban J connectivity index is 1.93. The van der Waals surface area contributed by atoms with Crippen LogP contribution in [0.25, 0.3) is 0 Å². The van der Waals surface area contributed by atoms with Gasteiger partial charge in [0.25, 0.3) is 5.91 Å². The first-order valence-electron chi connectivity index (χ1n) is 7.13. The number of hydrogen-bond donors (Lipinski definition) is 0. The van der Waals surface area contributed by atoms with Crippen molar-refractivity contribution in [1.29, 1.82) is 0 Å². The van der Waals surface area contributed by atoms with E-state index in [1.165, 1.54) is 11.1 Å². The van der Waals surface area contributed by atoms with Crippen LogP contribution in [0.2, 0.25) is 0 Å². The maximum atomic E-state index is 12.8. The van der Waals surface area contributed by atoms with Gasteiger partial charge in [0.1, 0.15) is 0 Å². The van der Waals surface area contributed by atoms with Crippen LogP contribution in [0.1, 0.15) is 40.0 Å². The summed E-state index contributed by atoms with van der Waals surface area (Å²) in [5, 5.41) is 0. The van der Waals surface area contributed by atoms with Crippen molar-refractivity contribution in [3.63, 3.8) is 0 Å². The fourth-order valence-corrected chi connectivity index (χ4v) is 3.02. The second kappa shape index (κ2) is 5.12. The van der Waals surface area contributed by atoms with Crippen LogP contribution in [0.4, 0.5) is 0 Å². The third-order valence-corrected chi connectivity index (χ3v) is 4.23. The van der Waals surface area contributed by atoms with E-state index in [0.717, 1.165) is 24.1 Å². The standard InChI is InChI=1S/C18H19NO/c1-13-7-3-5-9-16(13)18(20)19-12-11-15-8-4-6-10-17(15)14(19)2/h3-10,14H,11-12H2,1-2H3/t14-/m0/s1. The van der Waals surface area contributed by atoms with Crippen molar-refractivity contribution in [1.82, 2.24) is 4.90 Å². The minimum absolute atomic E-state index is 0.144. The number of nitrogens with zero attached hydrogens (tertiary/aromatic N) is 1. The van der Waals surface area contributed by atoms with Crippen LogP contribution < -0.4 is 0 Å². The molecule has 0 unspecified atom stereocenters. The molecule has 2 heteroatoms. The van der Waals surface area contributed by atoms with Gasteiger partial charge in [-0.15, -0.1) is 0 Å². The molecule has 0 radical (unpaired) electrons. The highest BCUT2D eigenvalue weighted by Crippen LogP contribution is 2.30. The highest BCUT2D eigenvalue weighted by atomic mass is 16.2. The zero-order valence-electron chi connectivity index (χ0n) is 12.0. The lowest BCUT2D eigenvalue weighted by Gasteiger charge is -2.35. The molecule has 3 rings (SSSR count). The molecule has 0 saturated carbocycles. The molecule has 0 N–H and O–H groups in total. The van der Waals surface area contributed by atoms with E-state index in [1.54, 1.807) is 0 Å². The van der Waals surface area contributed by atoms with Crippen molar-refractivity contribution in [3.05, 3.63) is 70.8 Å². The van der Waals surface area contributed by atoms with Crippen LogP contribution in [0.15, 0.2) is 48.5 Å². The number of hydrogen-bond acceptors (Lipinski definition) is 1. The van der Waals surface area contributed by atoms with E-state index in [1.807, 2.05) is 36.1 Å². The Morgan fingerprint density at radius 3 is 2.60 bits per heavy atom. The highest BCUT2D eigenvalue weighted by molar-refractivity contribution is 5.96. The van der Waals surface area contributed by atoms with Crippen LogP contribution in [0, 0.1) is 6.92 Å². The third-order valence-electron chi connectivity index (χ3n) is 4.23. The topological polar surface area (TPSA) is 20.3 Å². The van der Waals surface area contributed by atoms with Gasteiger partial charge in [-0.05, 0) is 43.0 Å². The Morgan fingerprint density at radius 1 is 1.10 bits per heavy atom. The molecule has 0 aliphatic carbocycles. The highest BCUT2D eigenvalue weighted by Gasteiger charge is 2.28. The van der Waals surface area contributed by atoms with E-state index in [4.69, 9.17) is 0 Å². The van der Waals surface area contributed by atoms with Gasteiger partial charge in [0.2, 0.25) is 0 Å².